The van der Waals surface area contributed by atoms with E-state index in [1.54, 1.807) is 6.20 Å². The molecule has 0 saturated carbocycles. The summed E-state index contributed by atoms with van der Waals surface area (Å²) >= 11 is 3.50. The summed E-state index contributed by atoms with van der Waals surface area (Å²) < 4.78 is 6.69. The average molecular weight is 294 g/mol. The minimum Gasteiger partial charge on any atom is -0.436 e. The summed E-state index contributed by atoms with van der Waals surface area (Å²) in [4.78, 5) is 7.95. The summed E-state index contributed by atoms with van der Waals surface area (Å²) in [6.45, 7) is 4.01. The maximum Gasteiger partial charge on any atom is 0.262 e. The molecule has 0 aliphatic rings. The molecule has 0 atom stereocenters. The highest BCUT2D eigenvalue weighted by atomic mass is 79.9. The number of benzene rings is 1. The number of ether oxygens (including phenoxy) is 1. The van der Waals surface area contributed by atoms with E-state index < -0.39 is 0 Å². The van der Waals surface area contributed by atoms with Gasteiger partial charge in [-0.1, -0.05) is 15.9 Å². The van der Waals surface area contributed by atoms with Crippen molar-refractivity contribution < 1.29 is 4.74 Å². The standard InChI is InChI=1S/C12H12BrN3O/c1-7-5-9(6-8(2)10(7)13)17-12-11(14)15-3-4-16-12/h3-6H,1-2H3,(H2,14,15). The Balaban J connectivity index is 2.34. The SMILES string of the molecule is Cc1cc(Oc2nccnc2N)cc(C)c1Br. The number of nitrogens with two attached hydrogens (primary N) is 1. The number of nitrogen functional groups attached to an aromatic ring is 1. The number of anilines is 1. The van der Waals surface area contributed by atoms with E-state index in [9.17, 15) is 0 Å². The van der Waals surface area contributed by atoms with Gasteiger partial charge in [-0.25, -0.2) is 9.97 Å². The number of nitrogens with zero attached hydrogens (tertiary/aromatic N) is 2. The van der Waals surface area contributed by atoms with Crippen LogP contribution < -0.4 is 10.5 Å². The highest BCUT2D eigenvalue weighted by Gasteiger charge is 2.07. The van der Waals surface area contributed by atoms with Crippen molar-refractivity contribution in [1.82, 2.24) is 9.97 Å². The maximum atomic E-state index is 5.67. The summed E-state index contributed by atoms with van der Waals surface area (Å²) in [5, 5.41) is 0. The Hall–Kier alpha value is -1.62. The molecule has 1 aromatic carbocycles. The Morgan fingerprint density at radius 2 is 1.71 bits per heavy atom. The van der Waals surface area contributed by atoms with Crippen molar-refractivity contribution in [2.75, 3.05) is 5.73 Å². The van der Waals surface area contributed by atoms with Gasteiger partial charge in [0.1, 0.15) is 5.75 Å². The molecule has 17 heavy (non-hydrogen) atoms. The van der Waals surface area contributed by atoms with Gasteiger partial charge in [-0.15, -0.1) is 0 Å². The van der Waals surface area contributed by atoms with Crippen molar-refractivity contribution in [3.8, 4) is 11.6 Å². The van der Waals surface area contributed by atoms with Gasteiger partial charge >= 0.3 is 0 Å². The monoisotopic (exact) mass is 293 g/mol. The molecule has 2 rings (SSSR count). The molecule has 2 aromatic rings. The van der Waals surface area contributed by atoms with Gasteiger partial charge < -0.3 is 10.5 Å². The number of rotatable bonds is 2. The minimum absolute atomic E-state index is 0.283. The second kappa shape index (κ2) is 4.71. The summed E-state index contributed by atoms with van der Waals surface area (Å²) in [7, 11) is 0. The molecule has 0 radical (unpaired) electrons. The van der Waals surface area contributed by atoms with E-state index in [4.69, 9.17) is 10.5 Å². The lowest BCUT2D eigenvalue weighted by atomic mass is 10.1. The van der Waals surface area contributed by atoms with Crippen molar-refractivity contribution in [3.05, 3.63) is 40.1 Å². The quantitative estimate of drug-likeness (QED) is 0.923. The van der Waals surface area contributed by atoms with E-state index >= 15 is 0 Å². The van der Waals surface area contributed by atoms with E-state index in [1.807, 2.05) is 26.0 Å². The van der Waals surface area contributed by atoms with Gasteiger partial charge in [0.05, 0.1) is 0 Å². The number of aryl methyl sites for hydroxylation is 2. The minimum atomic E-state index is 0.283. The molecule has 2 N–H and O–H groups in total. The number of aromatic nitrogens is 2. The second-order valence-electron chi connectivity index (χ2n) is 3.72. The average Bonchev–Trinajstić information content (AvgIpc) is 2.29. The van der Waals surface area contributed by atoms with Crippen molar-refractivity contribution >= 4 is 21.7 Å². The van der Waals surface area contributed by atoms with Crippen LogP contribution in [-0.4, -0.2) is 9.97 Å². The largest absolute Gasteiger partial charge is 0.436 e. The molecule has 0 aliphatic carbocycles. The van der Waals surface area contributed by atoms with E-state index in [0.717, 1.165) is 15.6 Å². The van der Waals surface area contributed by atoms with Crippen LogP contribution in [0.25, 0.3) is 0 Å². The smallest absolute Gasteiger partial charge is 0.262 e. The molecule has 5 heteroatoms. The maximum absolute atomic E-state index is 5.67. The van der Waals surface area contributed by atoms with E-state index in [-0.39, 0.29) is 5.82 Å². The van der Waals surface area contributed by atoms with E-state index in [1.165, 1.54) is 6.20 Å². The zero-order valence-corrected chi connectivity index (χ0v) is 11.2. The lowest BCUT2D eigenvalue weighted by Crippen LogP contribution is -1.97. The third-order valence-electron chi connectivity index (χ3n) is 2.32. The first-order valence-corrected chi connectivity index (χ1v) is 5.88. The molecule has 1 aromatic heterocycles. The summed E-state index contributed by atoms with van der Waals surface area (Å²) in [6.07, 6.45) is 3.07. The fourth-order valence-electron chi connectivity index (χ4n) is 1.49. The van der Waals surface area contributed by atoms with Gasteiger partial charge in [-0.05, 0) is 37.1 Å². The molecular weight excluding hydrogens is 282 g/mol. The molecule has 88 valence electrons. The topological polar surface area (TPSA) is 61.0 Å². The van der Waals surface area contributed by atoms with Crippen molar-refractivity contribution in [2.24, 2.45) is 0 Å². The predicted molar refractivity (Wildman–Crippen MR) is 70.1 cm³/mol. The summed E-state index contributed by atoms with van der Waals surface area (Å²) in [5.41, 5.74) is 7.87. The Bertz CT molecular complexity index is 534. The van der Waals surface area contributed by atoms with Crippen LogP contribution in [0.15, 0.2) is 29.0 Å². The van der Waals surface area contributed by atoms with Crippen LogP contribution in [0, 0.1) is 13.8 Å². The highest BCUT2D eigenvalue weighted by molar-refractivity contribution is 9.10. The molecule has 0 amide bonds. The first-order valence-electron chi connectivity index (χ1n) is 5.09. The lowest BCUT2D eigenvalue weighted by Gasteiger charge is -2.09. The van der Waals surface area contributed by atoms with Gasteiger partial charge in [0.15, 0.2) is 5.82 Å². The first-order chi connectivity index (χ1) is 8.08. The fourth-order valence-corrected chi connectivity index (χ4v) is 1.72. The van der Waals surface area contributed by atoms with Crippen LogP contribution in [0.4, 0.5) is 5.82 Å². The van der Waals surface area contributed by atoms with E-state index in [0.29, 0.717) is 11.6 Å². The summed E-state index contributed by atoms with van der Waals surface area (Å²) in [6, 6.07) is 3.84. The Morgan fingerprint density at radius 3 is 2.29 bits per heavy atom. The molecule has 0 fully saturated rings. The summed E-state index contributed by atoms with van der Waals surface area (Å²) in [5.74, 6) is 1.31. The van der Waals surface area contributed by atoms with Gasteiger partial charge in [0.2, 0.25) is 0 Å². The zero-order chi connectivity index (χ0) is 12.4. The van der Waals surface area contributed by atoms with Gasteiger partial charge in [0.25, 0.3) is 5.88 Å². The number of hydrogen-bond donors (Lipinski definition) is 1. The Labute approximate surface area is 108 Å². The van der Waals surface area contributed by atoms with E-state index in [2.05, 4.69) is 25.9 Å². The molecule has 0 spiro atoms. The van der Waals surface area contributed by atoms with Crippen LogP contribution in [0.3, 0.4) is 0 Å². The van der Waals surface area contributed by atoms with Crippen molar-refractivity contribution in [3.63, 3.8) is 0 Å². The molecule has 0 saturated heterocycles. The second-order valence-corrected chi connectivity index (χ2v) is 4.51. The van der Waals surface area contributed by atoms with Crippen LogP contribution in [0.5, 0.6) is 11.6 Å². The van der Waals surface area contributed by atoms with Crippen molar-refractivity contribution in [1.29, 1.82) is 0 Å². The van der Waals surface area contributed by atoms with Crippen LogP contribution in [0.2, 0.25) is 0 Å². The number of hydrogen-bond acceptors (Lipinski definition) is 4. The van der Waals surface area contributed by atoms with Crippen molar-refractivity contribution in [2.45, 2.75) is 13.8 Å². The first kappa shape index (κ1) is 11.9. The fraction of sp³-hybridized carbons (Fsp3) is 0.167. The molecular formula is C12H12BrN3O. The normalized spacial score (nSPS) is 10.3. The Kier molecular flexibility index (Phi) is 3.28. The van der Waals surface area contributed by atoms with Crippen LogP contribution >= 0.6 is 15.9 Å². The molecule has 0 unspecified atom stereocenters. The number of halogens is 1. The third-order valence-corrected chi connectivity index (χ3v) is 3.57. The van der Waals surface area contributed by atoms with Crippen LogP contribution in [0.1, 0.15) is 11.1 Å². The lowest BCUT2D eigenvalue weighted by molar-refractivity contribution is 0.462. The predicted octanol–water partition coefficient (Wildman–Crippen LogP) is 3.23. The van der Waals surface area contributed by atoms with Gasteiger partial charge in [-0.2, -0.15) is 0 Å². The zero-order valence-electron chi connectivity index (χ0n) is 9.57. The van der Waals surface area contributed by atoms with Gasteiger partial charge in [-0.3, -0.25) is 0 Å². The molecule has 1 heterocycles. The molecule has 0 aliphatic heterocycles. The van der Waals surface area contributed by atoms with Crippen LogP contribution in [-0.2, 0) is 0 Å². The molecule has 0 bridgehead atoms. The Morgan fingerprint density at radius 1 is 1.12 bits per heavy atom. The third kappa shape index (κ3) is 2.55. The highest BCUT2D eigenvalue weighted by Crippen LogP contribution is 2.29. The van der Waals surface area contributed by atoms with Gasteiger partial charge in [0, 0.05) is 16.9 Å². The molecule has 4 nitrogen and oxygen atoms in total.